The fourth-order valence-corrected chi connectivity index (χ4v) is 2.42. The van der Waals surface area contributed by atoms with Crippen LogP contribution < -0.4 is 10.6 Å². The predicted molar refractivity (Wildman–Crippen MR) is 62.0 cm³/mol. The summed E-state index contributed by atoms with van der Waals surface area (Å²) in [5, 5.41) is 10.3. The average molecular weight is 211 g/mol. The van der Waals surface area contributed by atoms with Crippen LogP contribution in [0.5, 0.6) is 0 Å². The first kappa shape index (κ1) is 9.96. The van der Waals surface area contributed by atoms with E-state index in [4.69, 9.17) is 0 Å². The number of nitrogens with zero attached hydrogens (tertiary/aromatic N) is 1. The van der Waals surface area contributed by atoms with E-state index < -0.39 is 0 Å². The number of piperazine rings is 1. The van der Waals surface area contributed by atoms with E-state index in [0.717, 1.165) is 32.8 Å². The minimum Gasteiger partial charge on any atom is -0.364 e. The van der Waals surface area contributed by atoms with Gasteiger partial charge in [-0.05, 0) is 23.9 Å². The van der Waals surface area contributed by atoms with Crippen molar-refractivity contribution in [2.45, 2.75) is 6.92 Å². The fraction of sp³-hybridized carbons (Fsp3) is 0.600. The average Bonchev–Trinajstić information content (AvgIpc) is 2.63. The summed E-state index contributed by atoms with van der Waals surface area (Å²) >= 11 is 1.78. The lowest BCUT2D eigenvalue weighted by Gasteiger charge is -2.27. The van der Waals surface area contributed by atoms with Gasteiger partial charge in [0, 0.05) is 26.2 Å². The molecule has 0 spiro atoms. The number of anilines is 1. The van der Waals surface area contributed by atoms with Crippen LogP contribution in [0.1, 0.15) is 5.56 Å². The Balaban J connectivity index is 1.79. The number of aryl methyl sites for hydroxylation is 1. The molecular weight excluding hydrogens is 194 g/mol. The van der Waals surface area contributed by atoms with Crippen molar-refractivity contribution in [1.82, 2.24) is 10.2 Å². The Hall–Kier alpha value is -0.580. The summed E-state index contributed by atoms with van der Waals surface area (Å²) in [5.41, 5.74) is 1.35. The number of nitrogens with one attached hydrogen (secondary N) is 2. The van der Waals surface area contributed by atoms with Crippen LogP contribution in [0, 0.1) is 6.92 Å². The van der Waals surface area contributed by atoms with Crippen LogP contribution in [0.2, 0.25) is 0 Å². The van der Waals surface area contributed by atoms with Gasteiger partial charge >= 0.3 is 0 Å². The SMILES string of the molecule is Cc1ccsc1NCN1CCNCC1. The normalized spacial score (nSPS) is 18.4. The maximum Gasteiger partial charge on any atom is 0.0922 e. The third-order valence-electron chi connectivity index (χ3n) is 2.53. The lowest BCUT2D eigenvalue weighted by molar-refractivity contribution is 0.257. The molecule has 1 fully saturated rings. The number of rotatable bonds is 3. The highest BCUT2D eigenvalue weighted by atomic mass is 32.1. The van der Waals surface area contributed by atoms with Crippen molar-refractivity contribution in [3.8, 4) is 0 Å². The van der Waals surface area contributed by atoms with E-state index in [1.807, 2.05) is 0 Å². The van der Waals surface area contributed by atoms with Crippen molar-refractivity contribution in [3.05, 3.63) is 17.0 Å². The van der Waals surface area contributed by atoms with Crippen molar-refractivity contribution in [1.29, 1.82) is 0 Å². The lowest BCUT2D eigenvalue weighted by Crippen LogP contribution is -2.45. The highest BCUT2D eigenvalue weighted by Crippen LogP contribution is 2.21. The number of hydrogen-bond donors (Lipinski definition) is 2. The molecule has 14 heavy (non-hydrogen) atoms. The van der Waals surface area contributed by atoms with Crippen LogP contribution in [0.3, 0.4) is 0 Å². The monoisotopic (exact) mass is 211 g/mol. The van der Waals surface area contributed by atoms with E-state index >= 15 is 0 Å². The van der Waals surface area contributed by atoms with Gasteiger partial charge in [0.2, 0.25) is 0 Å². The largest absolute Gasteiger partial charge is 0.364 e. The Labute approximate surface area is 89.1 Å². The van der Waals surface area contributed by atoms with E-state index in [2.05, 4.69) is 33.9 Å². The maximum atomic E-state index is 3.48. The van der Waals surface area contributed by atoms with Crippen molar-refractivity contribution in [3.63, 3.8) is 0 Å². The molecular formula is C10H17N3S. The molecule has 2 heterocycles. The first-order valence-electron chi connectivity index (χ1n) is 5.07. The summed E-state index contributed by atoms with van der Waals surface area (Å²) in [6.07, 6.45) is 0. The molecule has 2 N–H and O–H groups in total. The molecule has 0 aromatic carbocycles. The third kappa shape index (κ3) is 2.47. The molecule has 1 aromatic heterocycles. The molecule has 0 unspecified atom stereocenters. The van der Waals surface area contributed by atoms with Crippen LogP contribution >= 0.6 is 11.3 Å². The number of thiophene rings is 1. The van der Waals surface area contributed by atoms with Crippen LogP contribution in [0.4, 0.5) is 5.00 Å². The van der Waals surface area contributed by atoms with Crippen molar-refractivity contribution in [2.75, 3.05) is 38.2 Å². The van der Waals surface area contributed by atoms with Gasteiger partial charge in [-0.3, -0.25) is 4.90 Å². The Kier molecular flexibility index (Phi) is 3.39. The minimum absolute atomic E-state index is 0.975. The second-order valence-electron chi connectivity index (χ2n) is 3.64. The van der Waals surface area contributed by atoms with Gasteiger partial charge in [0.05, 0.1) is 11.7 Å². The molecule has 0 atom stereocenters. The molecule has 0 saturated carbocycles. The van der Waals surface area contributed by atoms with Gasteiger partial charge in [-0.2, -0.15) is 0 Å². The van der Waals surface area contributed by atoms with Crippen molar-refractivity contribution < 1.29 is 0 Å². The summed E-state index contributed by atoms with van der Waals surface area (Å²) in [4.78, 5) is 2.44. The fourth-order valence-electron chi connectivity index (χ4n) is 1.61. The summed E-state index contributed by atoms with van der Waals surface area (Å²) < 4.78 is 0. The van der Waals surface area contributed by atoms with Crippen LogP contribution in [-0.2, 0) is 0 Å². The lowest BCUT2D eigenvalue weighted by atomic mass is 10.3. The minimum atomic E-state index is 0.975. The first-order chi connectivity index (χ1) is 6.86. The molecule has 2 rings (SSSR count). The molecule has 1 aliphatic heterocycles. The van der Waals surface area contributed by atoms with E-state index in [1.54, 1.807) is 11.3 Å². The van der Waals surface area contributed by atoms with Gasteiger partial charge in [-0.15, -0.1) is 11.3 Å². The predicted octanol–water partition coefficient (Wildman–Crippen LogP) is 1.33. The summed E-state index contributed by atoms with van der Waals surface area (Å²) in [5.74, 6) is 0. The van der Waals surface area contributed by atoms with Crippen LogP contribution in [-0.4, -0.2) is 37.7 Å². The number of hydrogen-bond acceptors (Lipinski definition) is 4. The second-order valence-corrected chi connectivity index (χ2v) is 4.55. The molecule has 4 heteroatoms. The standard InChI is InChI=1S/C10H17N3S/c1-9-2-7-14-10(9)12-8-13-5-3-11-4-6-13/h2,7,11-12H,3-6,8H2,1H3. The van der Waals surface area contributed by atoms with Crippen molar-refractivity contribution in [2.24, 2.45) is 0 Å². The molecule has 0 radical (unpaired) electrons. The quantitative estimate of drug-likeness (QED) is 0.790. The molecule has 0 amide bonds. The van der Waals surface area contributed by atoms with E-state index in [0.29, 0.717) is 0 Å². The van der Waals surface area contributed by atoms with Gasteiger partial charge in [-0.25, -0.2) is 0 Å². The van der Waals surface area contributed by atoms with Crippen LogP contribution in [0.25, 0.3) is 0 Å². The topological polar surface area (TPSA) is 27.3 Å². The summed E-state index contributed by atoms with van der Waals surface area (Å²) in [6, 6.07) is 2.16. The third-order valence-corrected chi connectivity index (χ3v) is 3.51. The molecule has 1 aromatic rings. The Bertz CT molecular complexity index is 279. The van der Waals surface area contributed by atoms with Crippen molar-refractivity contribution >= 4 is 16.3 Å². The zero-order valence-electron chi connectivity index (χ0n) is 8.55. The van der Waals surface area contributed by atoms with Gasteiger partial charge in [-0.1, -0.05) is 0 Å². The second kappa shape index (κ2) is 4.77. The maximum absolute atomic E-state index is 3.48. The molecule has 0 aliphatic carbocycles. The van der Waals surface area contributed by atoms with Gasteiger partial charge < -0.3 is 10.6 Å². The molecule has 1 saturated heterocycles. The van der Waals surface area contributed by atoms with E-state index in [1.165, 1.54) is 10.6 Å². The van der Waals surface area contributed by atoms with E-state index in [9.17, 15) is 0 Å². The first-order valence-corrected chi connectivity index (χ1v) is 5.95. The highest BCUT2D eigenvalue weighted by molar-refractivity contribution is 7.14. The van der Waals surface area contributed by atoms with Crippen LogP contribution in [0.15, 0.2) is 11.4 Å². The smallest absolute Gasteiger partial charge is 0.0922 e. The molecule has 78 valence electrons. The zero-order valence-corrected chi connectivity index (χ0v) is 9.36. The van der Waals surface area contributed by atoms with Gasteiger partial charge in [0.1, 0.15) is 0 Å². The Morgan fingerprint density at radius 1 is 1.50 bits per heavy atom. The summed E-state index contributed by atoms with van der Waals surface area (Å²) in [7, 11) is 0. The molecule has 0 bridgehead atoms. The summed E-state index contributed by atoms with van der Waals surface area (Å²) in [6.45, 7) is 7.66. The van der Waals surface area contributed by atoms with Gasteiger partial charge in [0.25, 0.3) is 0 Å². The Morgan fingerprint density at radius 2 is 2.29 bits per heavy atom. The highest BCUT2D eigenvalue weighted by Gasteiger charge is 2.08. The van der Waals surface area contributed by atoms with Gasteiger partial charge in [0.15, 0.2) is 0 Å². The van der Waals surface area contributed by atoms with E-state index in [-0.39, 0.29) is 0 Å². The Morgan fingerprint density at radius 3 is 2.93 bits per heavy atom. The molecule has 1 aliphatic rings. The zero-order chi connectivity index (χ0) is 9.80. The molecule has 3 nitrogen and oxygen atoms in total.